The van der Waals surface area contributed by atoms with E-state index in [-0.39, 0.29) is 10.9 Å². The van der Waals surface area contributed by atoms with Crippen LogP contribution in [-0.4, -0.2) is 19.6 Å². The first-order valence-electron chi connectivity index (χ1n) is 8.06. The zero-order valence-electron chi connectivity index (χ0n) is 14.3. The fraction of sp³-hybridized carbons (Fsp3) is 0.316. The lowest BCUT2D eigenvalue weighted by molar-refractivity contribution is 0.102. The van der Waals surface area contributed by atoms with Crippen LogP contribution in [0, 0.1) is 5.82 Å². The van der Waals surface area contributed by atoms with E-state index in [1.54, 1.807) is 25.3 Å². The second-order valence-electron chi connectivity index (χ2n) is 5.52. The van der Waals surface area contributed by atoms with E-state index in [1.165, 1.54) is 18.2 Å². The van der Waals surface area contributed by atoms with Crippen molar-refractivity contribution in [1.29, 1.82) is 0 Å². The first-order chi connectivity index (χ1) is 12.0. The number of hydrogen-bond acceptors (Lipinski definition) is 3. The summed E-state index contributed by atoms with van der Waals surface area (Å²) in [7, 11) is 1.57. The summed E-state index contributed by atoms with van der Waals surface area (Å²) in [5, 5.41) is 2.65. The van der Waals surface area contributed by atoms with Crippen LogP contribution in [0.3, 0.4) is 0 Å². The Morgan fingerprint density at radius 3 is 2.72 bits per heavy atom. The van der Waals surface area contributed by atoms with Gasteiger partial charge in [-0.15, -0.1) is 0 Å². The minimum atomic E-state index is -0.532. The molecule has 2 rings (SSSR count). The van der Waals surface area contributed by atoms with Crippen molar-refractivity contribution in [3.05, 3.63) is 58.4 Å². The molecule has 0 atom stereocenters. The number of halogens is 2. The van der Waals surface area contributed by atoms with E-state index >= 15 is 0 Å². The highest BCUT2D eigenvalue weighted by Gasteiger charge is 2.12. The van der Waals surface area contributed by atoms with Crippen molar-refractivity contribution in [3.8, 4) is 5.75 Å². The molecule has 134 valence electrons. The second kappa shape index (κ2) is 9.39. The van der Waals surface area contributed by atoms with Crippen LogP contribution in [0.2, 0.25) is 5.02 Å². The van der Waals surface area contributed by atoms with E-state index in [2.05, 4.69) is 12.2 Å². The predicted molar refractivity (Wildman–Crippen MR) is 96.9 cm³/mol. The van der Waals surface area contributed by atoms with Crippen molar-refractivity contribution in [2.24, 2.45) is 0 Å². The molecule has 2 aromatic carbocycles. The van der Waals surface area contributed by atoms with E-state index in [9.17, 15) is 9.18 Å². The molecule has 4 nitrogen and oxygen atoms in total. The van der Waals surface area contributed by atoms with E-state index in [0.29, 0.717) is 30.2 Å². The minimum absolute atomic E-state index is 0.0439. The molecule has 0 radical (unpaired) electrons. The van der Waals surface area contributed by atoms with Crippen LogP contribution in [0.25, 0.3) is 0 Å². The number of nitrogens with one attached hydrogen (secondary N) is 1. The molecule has 6 heteroatoms. The Balaban J connectivity index is 2.11. The van der Waals surface area contributed by atoms with Gasteiger partial charge in [-0.1, -0.05) is 24.9 Å². The Kier molecular flexibility index (Phi) is 7.22. The number of benzene rings is 2. The summed E-state index contributed by atoms with van der Waals surface area (Å²) < 4.78 is 24.1. The number of carbonyl (C=O) groups is 1. The van der Waals surface area contributed by atoms with Crippen LogP contribution < -0.4 is 10.1 Å². The molecule has 1 N–H and O–H groups in total. The molecule has 2 aromatic rings. The molecule has 0 aromatic heterocycles. The summed E-state index contributed by atoms with van der Waals surface area (Å²) in [6.45, 7) is 3.12. The Hall–Kier alpha value is -2.11. The Labute approximate surface area is 151 Å². The molecule has 1 amide bonds. The first-order valence-corrected chi connectivity index (χ1v) is 8.44. The molecule has 0 fully saturated rings. The van der Waals surface area contributed by atoms with Gasteiger partial charge in [0, 0.05) is 23.4 Å². The summed E-state index contributed by atoms with van der Waals surface area (Å²) in [6, 6.07) is 9.15. The van der Waals surface area contributed by atoms with E-state index in [0.717, 1.165) is 18.4 Å². The molecule has 0 aliphatic carbocycles. The maximum atomic E-state index is 13.2. The smallest absolute Gasteiger partial charge is 0.255 e. The van der Waals surface area contributed by atoms with E-state index < -0.39 is 5.82 Å². The normalized spacial score (nSPS) is 10.6. The molecule has 0 aliphatic rings. The van der Waals surface area contributed by atoms with Gasteiger partial charge in [0.2, 0.25) is 0 Å². The molecule has 0 aliphatic heterocycles. The number of hydrogen-bond donors (Lipinski definition) is 1. The Morgan fingerprint density at radius 2 is 2.04 bits per heavy atom. The van der Waals surface area contributed by atoms with E-state index in [1.807, 2.05) is 0 Å². The highest BCUT2D eigenvalue weighted by Crippen LogP contribution is 2.23. The quantitative estimate of drug-likeness (QED) is 0.665. The maximum Gasteiger partial charge on any atom is 0.255 e. The SMILES string of the molecule is CCCCOCc1cc(C(=O)Nc2ccc(F)c(Cl)c2)ccc1OC. The number of amides is 1. The molecular formula is C19H21ClFNO3. The molecule has 25 heavy (non-hydrogen) atoms. The predicted octanol–water partition coefficient (Wildman–Crippen LogP) is 5.06. The summed E-state index contributed by atoms with van der Waals surface area (Å²) in [5.74, 6) is -0.186. The monoisotopic (exact) mass is 365 g/mol. The molecular weight excluding hydrogens is 345 g/mol. The lowest BCUT2D eigenvalue weighted by Gasteiger charge is -2.12. The minimum Gasteiger partial charge on any atom is -0.496 e. The molecule has 0 bridgehead atoms. The van der Waals surface area contributed by atoms with Crippen molar-refractivity contribution in [1.82, 2.24) is 0 Å². The van der Waals surface area contributed by atoms with Gasteiger partial charge in [-0.3, -0.25) is 4.79 Å². The molecule has 0 unspecified atom stereocenters. The average Bonchev–Trinajstić information content (AvgIpc) is 2.61. The van der Waals surface area contributed by atoms with Crippen molar-refractivity contribution < 1.29 is 18.7 Å². The third-order valence-corrected chi connectivity index (χ3v) is 3.91. The van der Waals surface area contributed by atoms with Crippen LogP contribution in [0.15, 0.2) is 36.4 Å². The van der Waals surface area contributed by atoms with Crippen LogP contribution >= 0.6 is 11.6 Å². The Morgan fingerprint density at radius 1 is 1.24 bits per heavy atom. The number of carbonyl (C=O) groups excluding carboxylic acids is 1. The van der Waals surface area contributed by atoms with Gasteiger partial charge in [0.1, 0.15) is 11.6 Å². The number of rotatable bonds is 8. The first kappa shape index (κ1) is 19.2. The van der Waals surface area contributed by atoms with Crippen LogP contribution in [0.4, 0.5) is 10.1 Å². The lowest BCUT2D eigenvalue weighted by Crippen LogP contribution is -2.12. The summed E-state index contributed by atoms with van der Waals surface area (Å²) in [5.41, 5.74) is 1.67. The zero-order chi connectivity index (χ0) is 18.2. The van der Waals surface area contributed by atoms with Crippen molar-refractivity contribution >= 4 is 23.2 Å². The molecule has 0 saturated carbocycles. The topological polar surface area (TPSA) is 47.6 Å². The van der Waals surface area contributed by atoms with Gasteiger partial charge in [0.25, 0.3) is 5.91 Å². The highest BCUT2D eigenvalue weighted by molar-refractivity contribution is 6.31. The fourth-order valence-electron chi connectivity index (χ4n) is 2.24. The van der Waals surface area contributed by atoms with Gasteiger partial charge in [-0.25, -0.2) is 4.39 Å². The number of anilines is 1. The highest BCUT2D eigenvalue weighted by atomic mass is 35.5. The average molecular weight is 366 g/mol. The van der Waals surface area contributed by atoms with E-state index in [4.69, 9.17) is 21.1 Å². The van der Waals surface area contributed by atoms with Crippen LogP contribution in [-0.2, 0) is 11.3 Å². The van der Waals surface area contributed by atoms with Gasteiger partial charge in [0.15, 0.2) is 0 Å². The van der Waals surface area contributed by atoms with Gasteiger partial charge < -0.3 is 14.8 Å². The van der Waals surface area contributed by atoms with Gasteiger partial charge in [-0.05, 0) is 42.8 Å². The van der Waals surface area contributed by atoms with Crippen molar-refractivity contribution in [2.75, 3.05) is 19.0 Å². The van der Waals surface area contributed by atoms with Crippen LogP contribution in [0.1, 0.15) is 35.7 Å². The van der Waals surface area contributed by atoms with Gasteiger partial charge in [0.05, 0.1) is 18.7 Å². The summed E-state index contributed by atoms with van der Waals surface area (Å²) in [6.07, 6.45) is 2.04. The number of methoxy groups -OCH3 is 1. The van der Waals surface area contributed by atoms with Gasteiger partial charge in [-0.2, -0.15) is 0 Å². The maximum absolute atomic E-state index is 13.2. The van der Waals surface area contributed by atoms with Crippen molar-refractivity contribution in [2.45, 2.75) is 26.4 Å². The van der Waals surface area contributed by atoms with Crippen molar-refractivity contribution in [3.63, 3.8) is 0 Å². The zero-order valence-corrected chi connectivity index (χ0v) is 15.0. The summed E-state index contributed by atoms with van der Waals surface area (Å²) >= 11 is 5.73. The third kappa shape index (κ3) is 5.44. The largest absolute Gasteiger partial charge is 0.496 e. The fourth-order valence-corrected chi connectivity index (χ4v) is 2.42. The lowest BCUT2D eigenvalue weighted by atomic mass is 10.1. The summed E-state index contributed by atoms with van der Waals surface area (Å²) in [4.78, 5) is 12.4. The molecule has 0 saturated heterocycles. The van der Waals surface area contributed by atoms with Crippen LogP contribution in [0.5, 0.6) is 5.75 Å². The molecule has 0 heterocycles. The Bertz CT molecular complexity index is 737. The number of ether oxygens (including phenoxy) is 2. The van der Waals surface area contributed by atoms with Gasteiger partial charge >= 0.3 is 0 Å². The second-order valence-corrected chi connectivity index (χ2v) is 5.92. The standard InChI is InChI=1S/C19H21ClFNO3/c1-3-4-9-25-12-14-10-13(5-8-18(14)24-2)19(23)22-15-6-7-17(21)16(20)11-15/h5-8,10-11H,3-4,9,12H2,1-2H3,(H,22,23). The third-order valence-electron chi connectivity index (χ3n) is 3.62. The molecule has 0 spiro atoms. The number of unbranched alkanes of at least 4 members (excludes halogenated alkanes) is 1.